The second-order valence-corrected chi connectivity index (χ2v) is 12.3. The lowest BCUT2D eigenvalue weighted by Crippen LogP contribution is -2.49. The molecule has 29 heavy (non-hydrogen) atoms. The molecule has 4 aliphatic rings. The van der Waals surface area contributed by atoms with Crippen LogP contribution in [0, 0.1) is 52.3 Å². The smallest absolute Gasteiger partial charge is 0.00853 e. The van der Waals surface area contributed by atoms with E-state index in [0.29, 0.717) is 10.8 Å². The lowest BCUT2D eigenvalue weighted by Gasteiger charge is -2.58. The first-order valence-electron chi connectivity index (χ1n) is 13.2. The van der Waals surface area contributed by atoms with E-state index in [9.17, 15) is 0 Å². The van der Waals surface area contributed by atoms with Crippen LogP contribution in [0.25, 0.3) is 0 Å². The molecule has 8 atom stereocenters. The number of hydrogen-bond donors (Lipinski definition) is 0. The quantitative estimate of drug-likeness (QED) is 0.407. The van der Waals surface area contributed by atoms with E-state index < -0.39 is 0 Å². The number of fused-ring (bicyclic) bond motifs is 5. The van der Waals surface area contributed by atoms with Gasteiger partial charge < -0.3 is 0 Å². The maximum absolute atomic E-state index is 2.73. The molecule has 0 aromatic heterocycles. The molecular weight excluding hydrogens is 348 g/mol. The van der Waals surface area contributed by atoms with Gasteiger partial charge >= 0.3 is 0 Å². The van der Waals surface area contributed by atoms with Gasteiger partial charge in [-0.15, -0.1) is 0 Å². The van der Waals surface area contributed by atoms with Crippen molar-refractivity contribution in [3.8, 4) is 0 Å². The van der Waals surface area contributed by atoms with E-state index in [4.69, 9.17) is 0 Å². The van der Waals surface area contributed by atoms with E-state index in [1.54, 1.807) is 0 Å². The molecule has 4 aliphatic carbocycles. The summed E-state index contributed by atoms with van der Waals surface area (Å²) in [7, 11) is 0. The Balaban J connectivity index is 1.52. The van der Waals surface area contributed by atoms with E-state index in [0.717, 1.165) is 41.4 Å². The van der Waals surface area contributed by atoms with Gasteiger partial charge in [0.25, 0.3) is 0 Å². The molecule has 0 nitrogen and oxygen atoms in total. The first kappa shape index (κ1) is 21.7. The zero-order valence-electron chi connectivity index (χ0n) is 20.3. The summed E-state index contributed by atoms with van der Waals surface area (Å²) in [6.07, 6.45) is 22.4. The molecule has 4 rings (SSSR count). The minimum Gasteiger partial charge on any atom is -0.0851 e. The second kappa shape index (κ2) is 8.20. The topological polar surface area (TPSA) is 0 Å². The average molecular weight is 397 g/mol. The molecule has 0 aromatic rings. The maximum Gasteiger partial charge on any atom is -0.00853 e. The summed E-state index contributed by atoms with van der Waals surface area (Å²) in [5.41, 5.74) is 3.00. The SMILES string of the molecule is CC[C@H](/C=C/[C@@H](C)[C@H]1CC[C@H]2[C@@H]3CC=C4CCCC[C@]4(C)[C@H]3CC[C@]12C)C(C)C. The van der Waals surface area contributed by atoms with Gasteiger partial charge in [0.2, 0.25) is 0 Å². The van der Waals surface area contributed by atoms with Crippen molar-refractivity contribution in [1.29, 1.82) is 0 Å². The summed E-state index contributed by atoms with van der Waals surface area (Å²) < 4.78 is 0. The summed E-state index contributed by atoms with van der Waals surface area (Å²) >= 11 is 0. The third-order valence-electron chi connectivity index (χ3n) is 10.7. The molecule has 0 heteroatoms. The molecule has 3 fully saturated rings. The van der Waals surface area contributed by atoms with Crippen molar-refractivity contribution in [2.75, 3.05) is 0 Å². The van der Waals surface area contributed by atoms with Crippen LogP contribution in [0.15, 0.2) is 23.8 Å². The van der Waals surface area contributed by atoms with E-state index in [1.807, 2.05) is 5.57 Å². The van der Waals surface area contributed by atoms with Crippen molar-refractivity contribution in [2.45, 2.75) is 106 Å². The van der Waals surface area contributed by atoms with Crippen LogP contribution in [-0.4, -0.2) is 0 Å². The van der Waals surface area contributed by atoms with Crippen molar-refractivity contribution in [1.82, 2.24) is 0 Å². The minimum absolute atomic E-state index is 0.553. The van der Waals surface area contributed by atoms with Crippen LogP contribution >= 0.6 is 0 Å². The lowest BCUT2D eigenvalue weighted by atomic mass is 9.47. The first-order valence-corrected chi connectivity index (χ1v) is 13.2. The Morgan fingerprint density at radius 2 is 1.79 bits per heavy atom. The van der Waals surface area contributed by atoms with Crippen LogP contribution in [0.2, 0.25) is 0 Å². The molecule has 0 bridgehead atoms. The summed E-state index contributed by atoms with van der Waals surface area (Å²) in [6, 6.07) is 0. The molecule has 164 valence electrons. The van der Waals surface area contributed by atoms with Crippen LogP contribution < -0.4 is 0 Å². The van der Waals surface area contributed by atoms with E-state index in [2.05, 4.69) is 59.8 Å². The third-order valence-corrected chi connectivity index (χ3v) is 10.7. The summed E-state index contributed by atoms with van der Waals surface area (Å²) in [4.78, 5) is 0. The highest BCUT2D eigenvalue weighted by Gasteiger charge is 2.58. The zero-order valence-corrected chi connectivity index (χ0v) is 20.3. The third kappa shape index (κ3) is 3.59. The highest BCUT2D eigenvalue weighted by Crippen LogP contribution is 2.67. The van der Waals surface area contributed by atoms with Crippen LogP contribution in [0.3, 0.4) is 0 Å². The molecular formula is C29H48. The van der Waals surface area contributed by atoms with Crippen molar-refractivity contribution >= 4 is 0 Å². The Labute approximate surface area is 182 Å². The molecule has 3 saturated carbocycles. The van der Waals surface area contributed by atoms with Gasteiger partial charge in [-0.05, 0) is 110 Å². The van der Waals surface area contributed by atoms with Gasteiger partial charge in [0.15, 0.2) is 0 Å². The highest BCUT2D eigenvalue weighted by atomic mass is 14.6. The van der Waals surface area contributed by atoms with E-state index in [-0.39, 0.29) is 0 Å². The van der Waals surface area contributed by atoms with Crippen molar-refractivity contribution in [2.24, 2.45) is 52.3 Å². The van der Waals surface area contributed by atoms with Gasteiger partial charge in [-0.2, -0.15) is 0 Å². The second-order valence-electron chi connectivity index (χ2n) is 12.3. The van der Waals surface area contributed by atoms with Crippen molar-refractivity contribution in [3.05, 3.63) is 23.8 Å². The van der Waals surface area contributed by atoms with Crippen LogP contribution in [-0.2, 0) is 0 Å². The van der Waals surface area contributed by atoms with E-state index >= 15 is 0 Å². The Bertz CT molecular complexity index is 638. The summed E-state index contributed by atoms with van der Waals surface area (Å²) in [5.74, 6) is 6.10. The van der Waals surface area contributed by atoms with E-state index in [1.165, 1.54) is 64.2 Å². The minimum atomic E-state index is 0.553. The molecule has 0 unspecified atom stereocenters. The molecule has 0 aromatic carbocycles. The predicted molar refractivity (Wildman–Crippen MR) is 127 cm³/mol. The largest absolute Gasteiger partial charge is 0.0851 e. The normalized spacial score (nSPS) is 44.2. The number of allylic oxidation sites excluding steroid dienone is 4. The average Bonchev–Trinajstić information content (AvgIpc) is 3.05. The van der Waals surface area contributed by atoms with Gasteiger partial charge in [-0.1, -0.05) is 71.8 Å². The molecule has 0 heterocycles. The number of rotatable bonds is 5. The monoisotopic (exact) mass is 396 g/mol. The van der Waals surface area contributed by atoms with Crippen molar-refractivity contribution in [3.63, 3.8) is 0 Å². The van der Waals surface area contributed by atoms with Gasteiger partial charge in [-0.3, -0.25) is 0 Å². The summed E-state index contributed by atoms with van der Waals surface area (Å²) in [6.45, 7) is 15.0. The van der Waals surface area contributed by atoms with Crippen LogP contribution in [0.4, 0.5) is 0 Å². The van der Waals surface area contributed by atoms with Gasteiger partial charge in [0.1, 0.15) is 0 Å². The molecule has 0 amide bonds. The van der Waals surface area contributed by atoms with Crippen molar-refractivity contribution < 1.29 is 0 Å². The Morgan fingerprint density at radius 1 is 1.00 bits per heavy atom. The molecule has 0 N–H and O–H groups in total. The predicted octanol–water partition coefficient (Wildman–Crippen LogP) is 8.83. The molecule has 0 aliphatic heterocycles. The van der Waals surface area contributed by atoms with Crippen LogP contribution in [0.5, 0.6) is 0 Å². The van der Waals surface area contributed by atoms with Crippen LogP contribution in [0.1, 0.15) is 106 Å². The first-order chi connectivity index (χ1) is 13.8. The Morgan fingerprint density at radius 3 is 2.52 bits per heavy atom. The molecule has 0 spiro atoms. The van der Waals surface area contributed by atoms with Gasteiger partial charge in [0.05, 0.1) is 0 Å². The maximum atomic E-state index is 2.73. The Hall–Kier alpha value is -0.520. The lowest BCUT2D eigenvalue weighted by molar-refractivity contribution is -0.0462. The fraction of sp³-hybridized carbons (Fsp3) is 0.862. The van der Waals surface area contributed by atoms with Gasteiger partial charge in [-0.25, -0.2) is 0 Å². The standard InChI is InChI=1S/C29H48/c1-7-22(20(2)3)12-11-21(4)25-15-16-26-24-14-13-23-10-8-9-18-28(23,5)27(24)17-19-29(25,26)6/h11-13,20-22,24-27H,7-10,14-19H2,1-6H3/b12-11+/t21-,22-,24+,25-,26+,27+,28+,29-/m1/s1. The number of hydrogen-bond acceptors (Lipinski definition) is 0. The van der Waals surface area contributed by atoms with Gasteiger partial charge in [0, 0.05) is 0 Å². The fourth-order valence-electron chi connectivity index (χ4n) is 8.88. The molecule has 0 saturated heterocycles. The Kier molecular flexibility index (Phi) is 6.14. The molecule has 0 radical (unpaired) electrons. The highest BCUT2D eigenvalue weighted by molar-refractivity contribution is 5.24. The fourth-order valence-corrected chi connectivity index (χ4v) is 8.88. The zero-order chi connectivity index (χ0) is 20.8. The summed E-state index contributed by atoms with van der Waals surface area (Å²) in [5, 5.41) is 0.